The van der Waals surface area contributed by atoms with Crippen LogP contribution in [0.1, 0.15) is 11.1 Å². The van der Waals surface area contributed by atoms with Crippen LogP contribution in [0.25, 0.3) is 0 Å². The Morgan fingerprint density at radius 2 is 1.80 bits per heavy atom. The minimum atomic E-state index is -4.35. The first-order valence-corrected chi connectivity index (χ1v) is 9.92. The van der Waals surface area contributed by atoms with Crippen LogP contribution in [-0.2, 0) is 11.0 Å². The van der Waals surface area contributed by atoms with Crippen LogP contribution in [0.15, 0.2) is 48.5 Å². The zero-order chi connectivity index (χ0) is 21.6. The molecular formula is C22H26F3N3O2. The van der Waals surface area contributed by atoms with Crippen LogP contribution in [0.3, 0.4) is 0 Å². The van der Waals surface area contributed by atoms with E-state index >= 15 is 0 Å². The highest BCUT2D eigenvalue weighted by atomic mass is 19.4. The van der Waals surface area contributed by atoms with Gasteiger partial charge < -0.3 is 15.0 Å². The van der Waals surface area contributed by atoms with E-state index in [0.717, 1.165) is 17.4 Å². The molecule has 2 aromatic rings. The number of carbonyl (C=O) groups excluding carboxylic acids is 1. The quantitative estimate of drug-likeness (QED) is 0.697. The van der Waals surface area contributed by atoms with E-state index in [1.54, 1.807) is 6.07 Å². The van der Waals surface area contributed by atoms with Gasteiger partial charge in [0.15, 0.2) is 0 Å². The number of hydrogen-bond donors (Lipinski definition) is 1. The number of rotatable bonds is 7. The van der Waals surface area contributed by atoms with Crippen LogP contribution < -0.4 is 15.0 Å². The smallest absolute Gasteiger partial charge is 0.416 e. The van der Waals surface area contributed by atoms with Gasteiger partial charge in [0.05, 0.1) is 18.7 Å². The number of ether oxygens (including phenoxy) is 1. The third kappa shape index (κ3) is 6.38. The van der Waals surface area contributed by atoms with Gasteiger partial charge in [0.25, 0.3) is 0 Å². The Kier molecular flexibility index (Phi) is 7.20. The number of nitrogens with zero attached hydrogens (tertiary/aromatic N) is 2. The first-order chi connectivity index (χ1) is 14.3. The molecule has 1 aliphatic heterocycles. The molecule has 0 radical (unpaired) electrons. The molecule has 3 rings (SSSR count). The molecule has 0 aliphatic carbocycles. The minimum Gasteiger partial charge on any atom is -0.492 e. The largest absolute Gasteiger partial charge is 0.492 e. The third-order valence-electron chi connectivity index (χ3n) is 4.96. The molecule has 1 fully saturated rings. The lowest BCUT2D eigenvalue weighted by Gasteiger charge is -2.36. The van der Waals surface area contributed by atoms with E-state index in [-0.39, 0.29) is 12.5 Å². The molecule has 5 nitrogen and oxygen atoms in total. The van der Waals surface area contributed by atoms with Crippen molar-refractivity contribution in [1.82, 2.24) is 10.2 Å². The van der Waals surface area contributed by atoms with Gasteiger partial charge in [0, 0.05) is 31.9 Å². The summed E-state index contributed by atoms with van der Waals surface area (Å²) in [6.07, 6.45) is -4.35. The minimum absolute atomic E-state index is 0.0876. The molecular weight excluding hydrogens is 395 g/mol. The lowest BCUT2D eigenvalue weighted by atomic mass is 10.1. The summed E-state index contributed by atoms with van der Waals surface area (Å²) in [5.41, 5.74) is 1.03. The van der Waals surface area contributed by atoms with Gasteiger partial charge in [-0.2, -0.15) is 13.2 Å². The zero-order valence-electron chi connectivity index (χ0n) is 16.9. The molecule has 0 unspecified atom stereocenters. The molecule has 1 aliphatic rings. The van der Waals surface area contributed by atoms with Crippen molar-refractivity contribution in [3.05, 3.63) is 59.7 Å². The summed E-state index contributed by atoms with van der Waals surface area (Å²) in [6, 6.07) is 13.1. The molecule has 8 heteroatoms. The van der Waals surface area contributed by atoms with Crippen molar-refractivity contribution in [2.24, 2.45) is 0 Å². The van der Waals surface area contributed by atoms with Crippen molar-refractivity contribution in [3.63, 3.8) is 0 Å². The molecule has 1 amide bonds. The second-order valence-electron chi connectivity index (χ2n) is 7.33. The van der Waals surface area contributed by atoms with Crippen molar-refractivity contribution in [1.29, 1.82) is 0 Å². The Balaban J connectivity index is 1.37. The van der Waals surface area contributed by atoms with Crippen LogP contribution in [0, 0.1) is 6.92 Å². The Labute approximate surface area is 174 Å². The van der Waals surface area contributed by atoms with E-state index in [4.69, 9.17) is 4.74 Å². The number of nitrogens with one attached hydrogen (secondary N) is 1. The Bertz CT molecular complexity index is 850. The van der Waals surface area contributed by atoms with E-state index in [1.165, 1.54) is 12.1 Å². The van der Waals surface area contributed by atoms with Crippen LogP contribution in [-0.4, -0.2) is 56.7 Å². The average Bonchev–Trinajstić information content (AvgIpc) is 2.71. The predicted molar refractivity (Wildman–Crippen MR) is 110 cm³/mol. The maximum atomic E-state index is 12.9. The SMILES string of the molecule is Cc1cccc(OCCNC(=O)CN2CCN(c3cccc(C(F)(F)F)c3)CC2)c1. The summed E-state index contributed by atoms with van der Waals surface area (Å²) in [6.45, 7) is 5.43. The van der Waals surface area contributed by atoms with Gasteiger partial charge in [0.1, 0.15) is 12.4 Å². The number of amides is 1. The Morgan fingerprint density at radius 1 is 1.07 bits per heavy atom. The molecule has 30 heavy (non-hydrogen) atoms. The van der Waals surface area contributed by atoms with Crippen molar-refractivity contribution in [2.75, 3.05) is 50.8 Å². The second kappa shape index (κ2) is 9.84. The Morgan fingerprint density at radius 3 is 2.50 bits per heavy atom. The average molecular weight is 421 g/mol. The lowest BCUT2D eigenvalue weighted by molar-refractivity contribution is -0.137. The third-order valence-corrected chi connectivity index (χ3v) is 4.96. The normalized spacial score (nSPS) is 15.1. The molecule has 0 spiro atoms. The molecule has 1 heterocycles. The molecule has 162 valence electrons. The predicted octanol–water partition coefficient (Wildman–Crippen LogP) is 3.33. The summed E-state index contributed by atoms with van der Waals surface area (Å²) in [5, 5.41) is 2.84. The zero-order valence-corrected chi connectivity index (χ0v) is 16.9. The number of carbonyl (C=O) groups is 1. The standard InChI is InChI=1S/C22H26F3N3O2/c1-17-4-2-7-20(14-17)30-13-8-26-21(29)16-27-9-11-28(12-10-27)19-6-3-5-18(15-19)22(23,24)25/h2-7,14-15H,8-13,16H2,1H3,(H,26,29). The number of hydrogen-bond acceptors (Lipinski definition) is 4. The van der Waals surface area contributed by atoms with E-state index < -0.39 is 11.7 Å². The molecule has 0 bridgehead atoms. The van der Waals surface area contributed by atoms with Gasteiger partial charge in [0.2, 0.25) is 5.91 Å². The van der Waals surface area contributed by atoms with Crippen LogP contribution in [0.5, 0.6) is 5.75 Å². The summed E-state index contributed by atoms with van der Waals surface area (Å²) in [4.78, 5) is 16.1. The molecule has 1 saturated heterocycles. The van der Waals surface area contributed by atoms with Crippen molar-refractivity contribution in [3.8, 4) is 5.75 Å². The van der Waals surface area contributed by atoms with Gasteiger partial charge in [-0.3, -0.25) is 9.69 Å². The molecule has 0 atom stereocenters. The maximum absolute atomic E-state index is 12.9. The number of anilines is 1. The topological polar surface area (TPSA) is 44.8 Å². The van der Waals surface area contributed by atoms with Gasteiger partial charge in [-0.1, -0.05) is 18.2 Å². The number of alkyl halides is 3. The highest BCUT2D eigenvalue weighted by molar-refractivity contribution is 5.78. The van der Waals surface area contributed by atoms with E-state index in [1.807, 2.05) is 41.0 Å². The first kappa shape index (κ1) is 22.0. The second-order valence-corrected chi connectivity index (χ2v) is 7.33. The fourth-order valence-corrected chi connectivity index (χ4v) is 3.37. The number of aryl methyl sites for hydroxylation is 1. The molecule has 0 saturated carbocycles. The highest BCUT2D eigenvalue weighted by Crippen LogP contribution is 2.31. The first-order valence-electron chi connectivity index (χ1n) is 9.92. The van der Waals surface area contributed by atoms with Crippen LogP contribution in [0.2, 0.25) is 0 Å². The lowest BCUT2D eigenvalue weighted by Crippen LogP contribution is -2.49. The van der Waals surface area contributed by atoms with Crippen LogP contribution >= 0.6 is 0 Å². The maximum Gasteiger partial charge on any atom is 0.416 e. The summed E-state index contributed by atoms with van der Waals surface area (Å²) < 4.78 is 44.3. The summed E-state index contributed by atoms with van der Waals surface area (Å²) in [5.74, 6) is 0.685. The van der Waals surface area contributed by atoms with Gasteiger partial charge in [-0.15, -0.1) is 0 Å². The van der Waals surface area contributed by atoms with Gasteiger partial charge in [-0.05, 0) is 42.8 Å². The fourth-order valence-electron chi connectivity index (χ4n) is 3.37. The monoisotopic (exact) mass is 421 g/mol. The van der Waals surface area contributed by atoms with E-state index in [0.29, 0.717) is 45.0 Å². The van der Waals surface area contributed by atoms with Crippen molar-refractivity contribution in [2.45, 2.75) is 13.1 Å². The Hall–Kier alpha value is -2.74. The van der Waals surface area contributed by atoms with Gasteiger partial charge in [-0.25, -0.2) is 0 Å². The van der Waals surface area contributed by atoms with Crippen molar-refractivity contribution < 1.29 is 22.7 Å². The summed E-state index contributed by atoms with van der Waals surface area (Å²) >= 11 is 0. The van der Waals surface area contributed by atoms with Gasteiger partial charge >= 0.3 is 6.18 Å². The van der Waals surface area contributed by atoms with Crippen molar-refractivity contribution >= 4 is 11.6 Å². The number of halogens is 3. The molecule has 1 N–H and O–H groups in total. The van der Waals surface area contributed by atoms with Crippen LogP contribution in [0.4, 0.5) is 18.9 Å². The highest BCUT2D eigenvalue weighted by Gasteiger charge is 2.31. The number of benzene rings is 2. The van der Waals surface area contributed by atoms with E-state index in [2.05, 4.69) is 5.32 Å². The molecule has 0 aromatic heterocycles. The summed E-state index contributed by atoms with van der Waals surface area (Å²) in [7, 11) is 0. The molecule has 2 aromatic carbocycles. The van der Waals surface area contributed by atoms with E-state index in [9.17, 15) is 18.0 Å². The fraction of sp³-hybridized carbons (Fsp3) is 0.409. The number of piperazine rings is 1.